The molecule has 0 amide bonds. The molecule has 20 heavy (non-hydrogen) atoms. The molecule has 1 aliphatic rings. The van der Waals surface area contributed by atoms with E-state index < -0.39 is 17.5 Å². The summed E-state index contributed by atoms with van der Waals surface area (Å²) in [5.74, 6) is -1.83. The fraction of sp³-hybridized carbons (Fsp3) is 0.286. The van der Waals surface area contributed by atoms with Crippen molar-refractivity contribution in [1.82, 2.24) is 0 Å². The van der Waals surface area contributed by atoms with Crippen molar-refractivity contribution in [3.8, 4) is 0 Å². The zero-order valence-corrected chi connectivity index (χ0v) is 12.2. The summed E-state index contributed by atoms with van der Waals surface area (Å²) in [5, 5.41) is 8.71. The molecule has 0 aromatic heterocycles. The molecule has 6 heteroatoms. The number of aliphatic carboxylic acids is 1. The first-order chi connectivity index (χ1) is 9.43. The Balaban J connectivity index is 2.08. The number of carbonyl (C=O) groups excluding carboxylic acids is 1. The first-order valence-corrected chi connectivity index (χ1v) is 6.69. The van der Waals surface area contributed by atoms with Gasteiger partial charge in [0.05, 0.1) is 19.6 Å². The molecule has 1 saturated heterocycles. The molecule has 0 saturated carbocycles. The van der Waals surface area contributed by atoms with Gasteiger partial charge >= 0.3 is 11.9 Å². The summed E-state index contributed by atoms with van der Waals surface area (Å²) in [6, 6.07) is 7.37. The van der Waals surface area contributed by atoms with Crippen LogP contribution in [0.25, 0.3) is 0 Å². The van der Waals surface area contributed by atoms with Gasteiger partial charge in [0.2, 0.25) is 0 Å². The van der Waals surface area contributed by atoms with E-state index in [2.05, 4.69) is 22.5 Å². The molecule has 0 spiro atoms. The largest absolute Gasteiger partial charge is 0.478 e. The molecular formula is C14H13BrO5. The molecule has 1 aromatic rings. The van der Waals surface area contributed by atoms with E-state index in [1.807, 2.05) is 24.3 Å². The Labute approximate surface area is 124 Å². The van der Waals surface area contributed by atoms with Crippen molar-refractivity contribution in [2.24, 2.45) is 0 Å². The van der Waals surface area contributed by atoms with Crippen molar-refractivity contribution in [3.05, 3.63) is 46.5 Å². The molecule has 5 nitrogen and oxygen atoms in total. The number of benzene rings is 1. The van der Waals surface area contributed by atoms with E-state index in [1.54, 1.807) is 0 Å². The number of carboxylic acids is 1. The molecule has 0 unspecified atom stereocenters. The molecule has 1 heterocycles. The Hall–Kier alpha value is -1.66. The fourth-order valence-corrected chi connectivity index (χ4v) is 2.09. The lowest BCUT2D eigenvalue weighted by Crippen LogP contribution is -2.50. The lowest BCUT2D eigenvalue weighted by Gasteiger charge is -2.40. The number of carbonyl (C=O) groups is 2. The number of carboxylic acid groups (broad SMARTS) is 1. The first kappa shape index (κ1) is 14.7. The van der Waals surface area contributed by atoms with Crippen molar-refractivity contribution < 1.29 is 24.2 Å². The van der Waals surface area contributed by atoms with Gasteiger partial charge in [-0.1, -0.05) is 34.6 Å². The third-order valence-electron chi connectivity index (χ3n) is 3.01. The number of rotatable bonds is 5. The number of ether oxygens (including phenoxy) is 2. The summed E-state index contributed by atoms with van der Waals surface area (Å²) in [4.78, 5) is 22.4. The van der Waals surface area contributed by atoms with Gasteiger partial charge < -0.3 is 14.6 Å². The van der Waals surface area contributed by atoms with Crippen molar-refractivity contribution in [3.63, 3.8) is 0 Å². The number of esters is 1. The average molecular weight is 341 g/mol. The molecule has 0 atom stereocenters. The van der Waals surface area contributed by atoms with Gasteiger partial charge in [-0.2, -0.15) is 0 Å². The maximum atomic E-state index is 11.8. The smallest absolute Gasteiger partial charge is 0.331 e. The lowest BCUT2D eigenvalue weighted by molar-refractivity contribution is -0.217. The molecule has 0 aliphatic carbocycles. The maximum Gasteiger partial charge on any atom is 0.331 e. The van der Waals surface area contributed by atoms with Gasteiger partial charge in [0.1, 0.15) is 0 Å². The monoisotopic (exact) mass is 340 g/mol. The Morgan fingerprint density at radius 2 is 1.95 bits per heavy atom. The van der Waals surface area contributed by atoms with E-state index in [-0.39, 0.29) is 25.2 Å². The van der Waals surface area contributed by atoms with Crippen LogP contribution in [0.2, 0.25) is 0 Å². The standard InChI is InChI=1S/C14H13BrO5/c1-9(13(17)18)6-12(16)20-14(7-19-8-14)10-2-4-11(15)5-3-10/h2-5H,1,6-8H2,(H,17,18). The number of hydrogen-bond acceptors (Lipinski definition) is 4. The fourth-order valence-electron chi connectivity index (χ4n) is 1.83. The highest BCUT2D eigenvalue weighted by molar-refractivity contribution is 9.10. The zero-order chi connectivity index (χ0) is 14.8. The van der Waals surface area contributed by atoms with E-state index in [9.17, 15) is 9.59 Å². The molecule has 1 N–H and O–H groups in total. The van der Waals surface area contributed by atoms with Gasteiger partial charge in [0.25, 0.3) is 0 Å². The van der Waals surface area contributed by atoms with E-state index in [0.717, 1.165) is 10.0 Å². The minimum atomic E-state index is -1.20. The second-order valence-corrected chi connectivity index (χ2v) is 5.47. The van der Waals surface area contributed by atoms with Gasteiger partial charge in [0, 0.05) is 15.6 Å². The maximum absolute atomic E-state index is 11.8. The van der Waals surface area contributed by atoms with Crippen molar-refractivity contribution in [2.75, 3.05) is 13.2 Å². The molecular weight excluding hydrogens is 328 g/mol. The summed E-state index contributed by atoms with van der Waals surface area (Å²) in [5.41, 5.74) is -0.196. The van der Waals surface area contributed by atoms with Crippen molar-refractivity contribution >= 4 is 27.9 Å². The van der Waals surface area contributed by atoms with E-state index in [0.29, 0.717) is 0 Å². The van der Waals surface area contributed by atoms with Crippen LogP contribution in [0.4, 0.5) is 0 Å². The van der Waals surface area contributed by atoms with Crippen LogP contribution < -0.4 is 0 Å². The Bertz CT molecular complexity index is 545. The molecule has 106 valence electrons. The Morgan fingerprint density at radius 1 is 1.35 bits per heavy atom. The molecule has 0 radical (unpaired) electrons. The van der Waals surface area contributed by atoms with E-state index in [1.165, 1.54) is 0 Å². The predicted molar refractivity (Wildman–Crippen MR) is 74.1 cm³/mol. The quantitative estimate of drug-likeness (QED) is 0.657. The van der Waals surface area contributed by atoms with Crippen LogP contribution in [0.1, 0.15) is 12.0 Å². The van der Waals surface area contributed by atoms with Gasteiger partial charge in [-0.05, 0) is 12.1 Å². The Kier molecular flexibility index (Phi) is 4.25. The van der Waals surface area contributed by atoms with E-state index >= 15 is 0 Å². The summed E-state index contributed by atoms with van der Waals surface area (Å²) in [6.45, 7) is 3.84. The summed E-state index contributed by atoms with van der Waals surface area (Å²) in [6.07, 6.45) is -0.340. The van der Waals surface area contributed by atoms with Gasteiger partial charge in [0.15, 0.2) is 5.60 Å². The molecule has 2 rings (SSSR count). The second-order valence-electron chi connectivity index (χ2n) is 4.55. The molecule has 1 fully saturated rings. The number of halogens is 1. The van der Waals surface area contributed by atoms with Crippen LogP contribution in [0.5, 0.6) is 0 Å². The topological polar surface area (TPSA) is 72.8 Å². The first-order valence-electron chi connectivity index (χ1n) is 5.90. The van der Waals surface area contributed by atoms with Crippen LogP contribution in [-0.4, -0.2) is 30.3 Å². The van der Waals surface area contributed by atoms with Crippen molar-refractivity contribution in [2.45, 2.75) is 12.0 Å². The van der Waals surface area contributed by atoms with Crippen LogP contribution in [-0.2, 0) is 24.7 Å². The number of hydrogen-bond donors (Lipinski definition) is 1. The average Bonchev–Trinajstić information content (AvgIpc) is 2.35. The van der Waals surface area contributed by atoms with Crippen LogP contribution in [0, 0.1) is 0 Å². The minimum absolute atomic E-state index is 0.193. The van der Waals surface area contributed by atoms with Gasteiger partial charge in [-0.3, -0.25) is 4.79 Å². The predicted octanol–water partition coefficient (Wildman–Crippen LogP) is 2.25. The van der Waals surface area contributed by atoms with Crippen molar-refractivity contribution in [1.29, 1.82) is 0 Å². The SMILES string of the molecule is C=C(CC(=O)OC1(c2ccc(Br)cc2)COC1)C(=O)O. The normalized spacial score (nSPS) is 16.1. The minimum Gasteiger partial charge on any atom is -0.478 e. The highest BCUT2D eigenvalue weighted by Gasteiger charge is 2.44. The highest BCUT2D eigenvalue weighted by atomic mass is 79.9. The summed E-state index contributed by atoms with van der Waals surface area (Å²) >= 11 is 3.34. The molecule has 1 aromatic carbocycles. The third kappa shape index (κ3) is 3.08. The van der Waals surface area contributed by atoms with Crippen LogP contribution in [0.15, 0.2) is 40.9 Å². The van der Waals surface area contributed by atoms with Crippen LogP contribution >= 0.6 is 15.9 Å². The Morgan fingerprint density at radius 3 is 2.40 bits per heavy atom. The van der Waals surface area contributed by atoms with Crippen LogP contribution in [0.3, 0.4) is 0 Å². The summed E-state index contributed by atoms with van der Waals surface area (Å²) < 4.78 is 11.5. The van der Waals surface area contributed by atoms with Gasteiger partial charge in [-0.25, -0.2) is 4.79 Å². The summed E-state index contributed by atoms with van der Waals surface area (Å²) in [7, 11) is 0. The zero-order valence-electron chi connectivity index (χ0n) is 10.6. The third-order valence-corrected chi connectivity index (χ3v) is 3.54. The second kappa shape index (κ2) is 5.76. The van der Waals surface area contributed by atoms with Gasteiger partial charge in [-0.15, -0.1) is 0 Å². The molecule has 0 bridgehead atoms. The lowest BCUT2D eigenvalue weighted by atomic mass is 9.91. The highest BCUT2D eigenvalue weighted by Crippen LogP contribution is 2.35. The van der Waals surface area contributed by atoms with E-state index in [4.69, 9.17) is 14.6 Å². The molecule has 1 aliphatic heterocycles.